The first-order valence-corrected chi connectivity index (χ1v) is 7.10. The number of fused-ring (bicyclic) bond motifs is 1. The third-order valence-electron chi connectivity index (χ3n) is 4.21. The molecule has 2 aromatic carbocycles. The van der Waals surface area contributed by atoms with Gasteiger partial charge in [-0.3, -0.25) is 0 Å². The molecule has 0 saturated carbocycles. The van der Waals surface area contributed by atoms with Crippen LogP contribution in [-0.2, 0) is 11.2 Å². The Morgan fingerprint density at radius 3 is 2.89 bits per heavy atom. The molecular weight excluding hydrogens is 234 g/mol. The summed E-state index contributed by atoms with van der Waals surface area (Å²) in [6.45, 7) is 1.76. The largest absolute Gasteiger partial charge is 0.381 e. The van der Waals surface area contributed by atoms with Crippen molar-refractivity contribution in [2.75, 3.05) is 20.3 Å². The topological polar surface area (TPSA) is 21.3 Å². The van der Waals surface area contributed by atoms with E-state index in [2.05, 4.69) is 54.8 Å². The average Bonchev–Trinajstić information content (AvgIpc) is 2.48. The van der Waals surface area contributed by atoms with Gasteiger partial charge in [0.1, 0.15) is 0 Å². The van der Waals surface area contributed by atoms with Crippen LogP contribution in [0.1, 0.15) is 12.0 Å². The number of hydrogen-bond donors (Lipinski definition) is 1. The lowest BCUT2D eigenvalue weighted by atomic mass is 9.88. The standard InChI is InChI=1S/C17H21NO/c1-18-17-9-10-19-12-15(17)11-14-7-4-6-13-5-2-3-8-16(13)14/h2-8,15,17-18H,9-12H2,1H3. The van der Waals surface area contributed by atoms with Gasteiger partial charge in [0.25, 0.3) is 0 Å². The van der Waals surface area contributed by atoms with Crippen LogP contribution in [-0.4, -0.2) is 26.3 Å². The first-order chi connectivity index (χ1) is 9.38. The molecule has 2 atom stereocenters. The summed E-state index contributed by atoms with van der Waals surface area (Å²) in [7, 11) is 2.06. The zero-order valence-corrected chi connectivity index (χ0v) is 11.4. The molecule has 0 aromatic heterocycles. The van der Waals surface area contributed by atoms with Crippen molar-refractivity contribution in [2.45, 2.75) is 18.9 Å². The van der Waals surface area contributed by atoms with Crippen molar-refractivity contribution >= 4 is 10.8 Å². The highest BCUT2D eigenvalue weighted by Gasteiger charge is 2.24. The van der Waals surface area contributed by atoms with Gasteiger partial charge < -0.3 is 10.1 Å². The fourth-order valence-electron chi connectivity index (χ4n) is 3.13. The van der Waals surface area contributed by atoms with E-state index in [-0.39, 0.29) is 0 Å². The molecule has 19 heavy (non-hydrogen) atoms. The summed E-state index contributed by atoms with van der Waals surface area (Å²) < 4.78 is 5.66. The molecule has 0 radical (unpaired) electrons. The Kier molecular flexibility index (Phi) is 3.81. The molecule has 2 unspecified atom stereocenters. The van der Waals surface area contributed by atoms with Crippen LogP contribution in [0.4, 0.5) is 0 Å². The summed E-state index contributed by atoms with van der Waals surface area (Å²) in [5.41, 5.74) is 1.44. The molecule has 0 amide bonds. The highest BCUT2D eigenvalue weighted by molar-refractivity contribution is 5.85. The van der Waals surface area contributed by atoms with Crippen molar-refractivity contribution < 1.29 is 4.74 Å². The molecule has 100 valence electrons. The predicted molar refractivity (Wildman–Crippen MR) is 79.4 cm³/mol. The number of rotatable bonds is 3. The smallest absolute Gasteiger partial charge is 0.0512 e. The van der Waals surface area contributed by atoms with Crippen molar-refractivity contribution in [3.05, 3.63) is 48.0 Å². The third-order valence-corrected chi connectivity index (χ3v) is 4.21. The fourth-order valence-corrected chi connectivity index (χ4v) is 3.13. The van der Waals surface area contributed by atoms with Gasteiger partial charge >= 0.3 is 0 Å². The van der Waals surface area contributed by atoms with Crippen molar-refractivity contribution in [2.24, 2.45) is 5.92 Å². The summed E-state index contributed by atoms with van der Waals surface area (Å²) in [6, 6.07) is 15.8. The Labute approximate surface area is 114 Å². The SMILES string of the molecule is CNC1CCOCC1Cc1cccc2ccccc12. The van der Waals surface area contributed by atoms with Crippen molar-refractivity contribution in [1.82, 2.24) is 5.32 Å². The average molecular weight is 255 g/mol. The Hall–Kier alpha value is -1.38. The van der Waals surface area contributed by atoms with Crippen LogP contribution in [0, 0.1) is 5.92 Å². The van der Waals surface area contributed by atoms with Crippen molar-refractivity contribution in [3.63, 3.8) is 0 Å². The summed E-state index contributed by atoms with van der Waals surface area (Å²) >= 11 is 0. The maximum atomic E-state index is 5.66. The van der Waals surface area contributed by atoms with Gasteiger partial charge in [-0.1, -0.05) is 42.5 Å². The molecule has 1 saturated heterocycles. The highest BCUT2D eigenvalue weighted by Crippen LogP contribution is 2.25. The van der Waals surface area contributed by atoms with E-state index in [4.69, 9.17) is 4.74 Å². The summed E-state index contributed by atoms with van der Waals surface area (Å²) in [5, 5.41) is 6.15. The molecule has 3 rings (SSSR count). The van der Waals surface area contributed by atoms with Gasteiger partial charge in [0.15, 0.2) is 0 Å². The molecule has 2 heteroatoms. The first kappa shape index (κ1) is 12.6. The number of benzene rings is 2. The molecule has 1 aliphatic heterocycles. The maximum absolute atomic E-state index is 5.66. The molecule has 1 N–H and O–H groups in total. The Balaban J connectivity index is 1.88. The van der Waals surface area contributed by atoms with Gasteiger partial charge in [0.05, 0.1) is 6.61 Å². The number of ether oxygens (including phenoxy) is 1. The van der Waals surface area contributed by atoms with Gasteiger partial charge in [0, 0.05) is 18.6 Å². The fraction of sp³-hybridized carbons (Fsp3) is 0.412. The molecule has 2 nitrogen and oxygen atoms in total. The van der Waals surface area contributed by atoms with E-state index in [0.717, 1.165) is 26.1 Å². The van der Waals surface area contributed by atoms with Gasteiger partial charge in [0.2, 0.25) is 0 Å². The van der Waals surface area contributed by atoms with E-state index < -0.39 is 0 Å². The second-order valence-electron chi connectivity index (χ2n) is 5.36. The normalized spacial score (nSPS) is 23.6. The minimum atomic E-state index is 0.574. The first-order valence-electron chi connectivity index (χ1n) is 7.10. The van der Waals surface area contributed by atoms with Gasteiger partial charge in [-0.05, 0) is 36.2 Å². The molecule has 0 spiro atoms. The zero-order chi connectivity index (χ0) is 13.1. The van der Waals surface area contributed by atoms with Gasteiger partial charge in [-0.2, -0.15) is 0 Å². The minimum absolute atomic E-state index is 0.574. The lowest BCUT2D eigenvalue weighted by Crippen LogP contribution is -2.41. The Morgan fingerprint density at radius 1 is 1.16 bits per heavy atom. The van der Waals surface area contributed by atoms with Crippen LogP contribution in [0.3, 0.4) is 0 Å². The van der Waals surface area contributed by atoms with E-state index in [1.165, 1.54) is 16.3 Å². The second-order valence-corrected chi connectivity index (χ2v) is 5.36. The summed E-state index contributed by atoms with van der Waals surface area (Å²) in [6.07, 6.45) is 2.21. The van der Waals surface area contributed by atoms with Crippen molar-refractivity contribution in [3.8, 4) is 0 Å². The van der Waals surface area contributed by atoms with E-state index in [0.29, 0.717) is 12.0 Å². The van der Waals surface area contributed by atoms with Gasteiger partial charge in [-0.15, -0.1) is 0 Å². The van der Waals surface area contributed by atoms with E-state index in [9.17, 15) is 0 Å². The third kappa shape index (κ3) is 2.65. The molecule has 1 aliphatic rings. The summed E-state index contributed by atoms with van der Waals surface area (Å²) in [4.78, 5) is 0. The second kappa shape index (κ2) is 5.72. The highest BCUT2D eigenvalue weighted by atomic mass is 16.5. The number of hydrogen-bond acceptors (Lipinski definition) is 2. The molecule has 1 heterocycles. The van der Waals surface area contributed by atoms with Gasteiger partial charge in [-0.25, -0.2) is 0 Å². The summed E-state index contributed by atoms with van der Waals surface area (Å²) in [5.74, 6) is 0.574. The van der Waals surface area contributed by atoms with Crippen LogP contribution in [0.15, 0.2) is 42.5 Å². The minimum Gasteiger partial charge on any atom is -0.381 e. The van der Waals surface area contributed by atoms with E-state index in [1.807, 2.05) is 0 Å². The Morgan fingerprint density at radius 2 is 2.00 bits per heavy atom. The van der Waals surface area contributed by atoms with Crippen LogP contribution >= 0.6 is 0 Å². The Bertz CT molecular complexity index is 546. The lowest BCUT2D eigenvalue weighted by molar-refractivity contribution is 0.0343. The maximum Gasteiger partial charge on any atom is 0.0512 e. The molecular formula is C17H21NO. The predicted octanol–water partition coefficient (Wildman–Crippen LogP) is 3.01. The molecule has 0 bridgehead atoms. The van der Waals surface area contributed by atoms with E-state index >= 15 is 0 Å². The quantitative estimate of drug-likeness (QED) is 0.910. The van der Waals surface area contributed by atoms with Crippen LogP contribution < -0.4 is 5.32 Å². The molecule has 0 aliphatic carbocycles. The zero-order valence-electron chi connectivity index (χ0n) is 11.4. The van der Waals surface area contributed by atoms with Crippen LogP contribution in [0.5, 0.6) is 0 Å². The van der Waals surface area contributed by atoms with Crippen LogP contribution in [0.2, 0.25) is 0 Å². The van der Waals surface area contributed by atoms with E-state index in [1.54, 1.807) is 0 Å². The number of nitrogens with one attached hydrogen (secondary N) is 1. The van der Waals surface area contributed by atoms with Crippen molar-refractivity contribution in [1.29, 1.82) is 0 Å². The monoisotopic (exact) mass is 255 g/mol. The lowest BCUT2D eigenvalue weighted by Gasteiger charge is -2.31. The molecule has 2 aromatic rings. The molecule has 1 fully saturated rings. The van der Waals surface area contributed by atoms with Crippen LogP contribution in [0.25, 0.3) is 10.8 Å².